The van der Waals surface area contributed by atoms with Gasteiger partial charge in [-0.1, -0.05) is 42.3 Å². The maximum absolute atomic E-state index is 13.0. The van der Waals surface area contributed by atoms with Crippen LogP contribution in [0.4, 0.5) is 8.78 Å². The molecule has 6 nitrogen and oxygen atoms in total. The first-order chi connectivity index (χ1) is 16.7. The zero-order valence-electron chi connectivity index (χ0n) is 18.7. The van der Waals surface area contributed by atoms with Crippen LogP contribution in [-0.4, -0.2) is 24.4 Å². The third-order valence-corrected chi connectivity index (χ3v) is 7.63. The summed E-state index contributed by atoms with van der Waals surface area (Å²) in [5.74, 6) is -0.0603. The zero-order chi connectivity index (χ0) is 25.1. The van der Waals surface area contributed by atoms with Gasteiger partial charge in [0.15, 0.2) is 23.9 Å². The highest BCUT2D eigenvalue weighted by molar-refractivity contribution is 8.03. The summed E-state index contributed by atoms with van der Waals surface area (Å²) >= 11 is 13.9. The number of esters is 1. The van der Waals surface area contributed by atoms with Crippen molar-refractivity contribution in [2.75, 3.05) is 6.61 Å². The van der Waals surface area contributed by atoms with E-state index in [9.17, 15) is 18.8 Å². The summed E-state index contributed by atoms with van der Waals surface area (Å²) in [5.41, 5.74) is 0.900. The molecule has 188 valence electrons. The number of rotatable bonds is 10. The number of thioether (sulfide) groups is 1. The Balaban J connectivity index is 1.66. The summed E-state index contributed by atoms with van der Waals surface area (Å²) in [6.07, 6.45) is 5.44. The number of ether oxygens (including phenoxy) is 3. The van der Waals surface area contributed by atoms with E-state index in [0.29, 0.717) is 28.4 Å². The highest BCUT2D eigenvalue weighted by atomic mass is 35.5. The Kier molecular flexibility index (Phi) is 8.29. The van der Waals surface area contributed by atoms with Crippen molar-refractivity contribution >= 4 is 40.9 Å². The molecule has 1 fully saturated rings. The molecule has 0 saturated heterocycles. The molecule has 1 saturated carbocycles. The van der Waals surface area contributed by atoms with Gasteiger partial charge in [-0.2, -0.15) is 13.5 Å². The first-order valence-electron chi connectivity index (χ1n) is 11.0. The minimum atomic E-state index is -3.02. The van der Waals surface area contributed by atoms with E-state index in [4.69, 9.17) is 32.7 Å². The fraction of sp³-hybridized carbons (Fsp3) is 0.417. The molecule has 0 spiro atoms. The van der Waals surface area contributed by atoms with Crippen molar-refractivity contribution < 1.29 is 32.5 Å². The van der Waals surface area contributed by atoms with Crippen LogP contribution in [0.3, 0.4) is 0 Å². The zero-order valence-corrected chi connectivity index (χ0v) is 21.0. The Hall–Kier alpha value is -2.23. The fourth-order valence-electron chi connectivity index (χ4n) is 3.62. The largest absolute Gasteiger partial charge is 0.619 e. The number of halogens is 4. The van der Waals surface area contributed by atoms with Crippen LogP contribution in [0, 0.1) is 17.0 Å². The topological polar surface area (TPSA) is 71.7 Å². The minimum absolute atomic E-state index is 0.0178. The lowest BCUT2D eigenvalue weighted by Crippen LogP contribution is -2.27. The lowest BCUT2D eigenvalue weighted by molar-refractivity contribution is -0.605. The van der Waals surface area contributed by atoms with E-state index in [1.54, 1.807) is 0 Å². The summed E-state index contributed by atoms with van der Waals surface area (Å²) in [5, 5.41) is 13.3. The number of hydrogen-bond acceptors (Lipinski definition) is 6. The summed E-state index contributed by atoms with van der Waals surface area (Å²) < 4.78 is 42.7. The molecular weight excluding hydrogens is 523 g/mol. The Morgan fingerprint density at radius 3 is 2.54 bits per heavy atom. The molecule has 1 aliphatic heterocycles. The number of benzene rings is 1. The molecule has 0 N–H and O–H groups in total. The average molecular weight is 546 g/mol. The van der Waals surface area contributed by atoms with Gasteiger partial charge in [0.05, 0.1) is 6.61 Å². The first kappa shape index (κ1) is 25.9. The van der Waals surface area contributed by atoms with Crippen molar-refractivity contribution in [3.8, 4) is 11.5 Å². The fourth-order valence-corrected chi connectivity index (χ4v) is 5.23. The molecule has 3 atom stereocenters. The second-order valence-corrected chi connectivity index (χ2v) is 10.4. The molecule has 2 aliphatic rings. The van der Waals surface area contributed by atoms with Gasteiger partial charge in [0.1, 0.15) is 21.4 Å². The molecule has 11 heteroatoms. The van der Waals surface area contributed by atoms with Crippen LogP contribution < -0.4 is 14.2 Å². The highest BCUT2D eigenvalue weighted by Gasteiger charge is 2.32. The van der Waals surface area contributed by atoms with Crippen LogP contribution >= 0.6 is 35.0 Å². The SMILES string of the molecule is CC1C=CSC1C(=O)O[C@@H](Cc1c(Cl)c[n+]([O-])cc1Cl)c1ccc(OC(F)F)c(OCC2CC2)c1. The van der Waals surface area contributed by atoms with Gasteiger partial charge < -0.3 is 19.4 Å². The Morgan fingerprint density at radius 1 is 1.23 bits per heavy atom. The highest BCUT2D eigenvalue weighted by Crippen LogP contribution is 2.39. The molecule has 0 radical (unpaired) electrons. The second-order valence-electron chi connectivity index (χ2n) is 8.51. The van der Waals surface area contributed by atoms with Crippen LogP contribution in [0.25, 0.3) is 0 Å². The number of pyridine rings is 1. The lowest BCUT2D eigenvalue weighted by Gasteiger charge is -2.23. The normalized spacial score (nSPS) is 20.2. The van der Waals surface area contributed by atoms with E-state index in [1.165, 1.54) is 30.0 Å². The summed E-state index contributed by atoms with van der Waals surface area (Å²) in [4.78, 5) is 13.0. The molecule has 0 bridgehead atoms. The summed E-state index contributed by atoms with van der Waals surface area (Å²) in [6, 6.07) is 4.42. The molecule has 0 amide bonds. The van der Waals surface area contributed by atoms with E-state index in [0.717, 1.165) is 25.2 Å². The maximum atomic E-state index is 13.0. The number of aromatic nitrogens is 1. The third kappa shape index (κ3) is 6.71. The van der Waals surface area contributed by atoms with Gasteiger partial charge in [-0.25, -0.2) is 0 Å². The summed E-state index contributed by atoms with van der Waals surface area (Å²) in [6.45, 7) is -0.739. The predicted octanol–water partition coefficient (Wildman–Crippen LogP) is 6.11. The van der Waals surface area contributed by atoms with Crippen LogP contribution in [0.2, 0.25) is 10.0 Å². The third-order valence-electron chi connectivity index (χ3n) is 5.75. The van der Waals surface area contributed by atoms with Crippen LogP contribution in [0.1, 0.15) is 37.0 Å². The molecule has 2 aromatic rings. The number of carbonyl (C=O) groups excluding carboxylic acids is 1. The van der Waals surface area contributed by atoms with Gasteiger partial charge in [-0.15, -0.1) is 11.8 Å². The van der Waals surface area contributed by atoms with Crippen molar-refractivity contribution in [2.45, 2.75) is 44.2 Å². The van der Waals surface area contributed by atoms with Crippen LogP contribution in [0.15, 0.2) is 42.1 Å². The summed E-state index contributed by atoms with van der Waals surface area (Å²) in [7, 11) is 0. The standard InChI is InChI=1S/C24H23Cl2F2NO5S/c1-13-6-7-35-22(13)23(30)33-20(9-16-17(25)10-29(31)11-18(16)26)15-4-5-19(34-24(27)28)21(8-15)32-12-14-2-3-14/h4-8,10-11,13-14,20,22,24H,2-3,9,12H2,1H3/t13?,20-,22?/m0/s1. The van der Waals surface area contributed by atoms with Crippen molar-refractivity contribution in [3.63, 3.8) is 0 Å². The van der Waals surface area contributed by atoms with Crippen molar-refractivity contribution in [1.82, 2.24) is 0 Å². The molecule has 2 heterocycles. The smallest absolute Gasteiger partial charge is 0.387 e. The first-order valence-corrected chi connectivity index (χ1v) is 12.7. The Labute approximate surface area is 215 Å². The molecule has 1 aromatic heterocycles. The number of allylic oxidation sites excluding steroid dienone is 1. The Morgan fingerprint density at radius 2 is 1.94 bits per heavy atom. The van der Waals surface area contributed by atoms with E-state index in [2.05, 4.69) is 4.74 Å². The van der Waals surface area contributed by atoms with E-state index >= 15 is 0 Å². The van der Waals surface area contributed by atoms with Crippen LogP contribution in [-0.2, 0) is 16.0 Å². The number of nitrogens with zero attached hydrogens (tertiary/aromatic N) is 1. The molecular formula is C24H23Cl2F2NO5S. The quantitative estimate of drug-likeness (QED) is 0.204. The van der Waals surface area contributed by atoms with Gasteiger partial charge in [0.25, 0.3) is 0 Å². The number of carbonyl (C=O) groups is 1. The minimum Gasteiger partial charge on any atom is -0.619 e. The molecule has 35 heavy (non-hydrogen) atoms. The van der Waals surface area contributed by atoms with Gasteiger partial charge in [-0.3, -0.25) is 4.79 Å². The number of alkyl halides is 2. The van der Waals surface area contributed by atoms with Crippen molar-refractivity contribution in [2.24, 2.45) is 11.8 Å². The van der Waals surface area contributed by atoms with Gasteiger partial charge >= 0.3 is 12.6 Å². The van der Waals surface area contributed by atoms with Crippen LogP contribution in [0.5, 0.6) is 11.5 Å². The second kappa shape index (κ2) is 11.2. The number of hydrogen-bond donors (Lipinski definition) is 0. The molecule has 1 aromatic carbocycles. The predicted molar refractivity (Wildman–Crippen MR) is 129 cm³/mol. The van der Waals surface area contributed by atoms with E-state index in [1.807, 2.05) is 18.4 Å². The van der Waals surface area contributed by atoms with Gasteiger partial charge in [0, 0.05) is 12.0 Å². The monoisotopic (exact) mass is 545 g/mol. The Bertz CT molecular complexity index is 1090. The lowest BCUT2D eigenvalue weighted by atomic mass is 10.0. The molecule has 4 rings (SSSR count). The molecule has 2 unspecified atom stereocenters. The van der Waals surface area contributed by atoms with Crippen molar-refractivity contribution in [3.05, 3.63) is 68.5 Å². The maximum Gasteiger partial charge on any atom is 0.387 e. The molecule has 1 aliphatic carbocycles. The van der Waals surface area contributed by atoms with Gasteiger partial charge in [-0.05, 0) is 47.8 Å². The van der Waals surface area contributed by atoms with Gasteiger partial charge in [0.2, 0.25) is 0 Å². The van der Waals surface area contributed by atoms with Crippen molar-refractivity contribution in [1.29, 1.82) is 0 Å². The van der Waals surface area contributed by atoms with E-state index < -0.39 is 23.9 Å². The van der Waals surface area contributed by atoms with E-state index in [-0.39, 0.29) is 33.9 Å². The average Bonchev–Trinajstić information content (AvgIpc) is 3.52.